The van der Waals surface area contributed by atoms with E-state index >= 15 is 0 Å². The largest absolute Gasteiger partial charge is 0.497 e. The Morgan fingerprint density at radius 1 is 1.00 bits per heavy atom. The van der Waals surface area contributed by atoms with Gasteiger partial charge in [-0.1, -0.05) is 12.1 Å². The zero-order valence-electron chi connectivity index (χ0n) is 17.0. The maximum Gasteiger partial charge on any atom is 0.264 e. The van der Waals surface area contributed by atoms with Gasteiger partial charge in [0.1, 0.15) is 36.8 Å². The zero-order valence-corrected chi connectivity index (χ0v) is 18.6. The van der Waals surface area contributed by atoms with Crippen LogP contribution in [0, 0.1) is 0 Å². The van der Waals surface area contributed by atoms with Crippen LogP contribution in [-0.2, 0) is 49.4 Å². The topological polar surface area (TPSA) is 144 Å². The molecule has 1 aromatic rings. The van der Waals surface area contributed by atoms with E-state index in [4.69, 9.17) is 27.3 Å². The highest BCUT2D eigenvalue weighted by molar-refractivity contribution is 7.86. The number of methoxy groups -OCH3 is 2. The summed E-state index contributed by atoms with van der Waals surface area (Å²) in [7, 11) is -5.05. The van der Waals surface area contributed by atoms with Gasteiger partial charge in [-0.15, -0.1) is 0 Å². The number of ether oxygens (including phenoxy) is 4. The molecule has 1 saturated heterocycles. The van der Waals surface area contributed by atoms with E-state index in [9.17, 15) is 21.9 Å². The normalized spacial score (nSPS) is 24.1. The molecule has 1 aliphatic rings. The third-order valence-corrected chi connectivity index (χ3v) is 5.41. The highest BCUT2D eigenvalue weighted by atomic mass is 32.2. The fraction of sp³-hybridized carbons (Fsp3) is 0.647. The molecule has 1 N–H and O–H groups in total. The smallest absolute Gasteiger partial charge is 0.264 e. The van der Waals surface area contributed by atoms with Crippen molar-refractivity contribution in [3.05, 3.63) is 29.8 Å². The molecular weight excluding hydrogens is 444 g/mol. The van der Waals surface area contributed by atoms with Crippen molar-refractivity contribution in [2.75, 3.05) is 39.9 Å². The Kier molecular flexibility index (Phi) is 8.21. The van der Waals surface area contributed by atoms with Gasteiger partial charge in [0.15, 0.2) is 6.29 Å². The molecule has 2 rings (SSSR count). The Balaban J connectivity index is 2.29. The molecule has 30 heavy (non-hydrogen) atoms. The average molecular weight is 471 g/mol. The number of aliphatic hydroxyl groups is 1. The predicted molar refractivity (Wildman–Crippen MR) is 104 cm³/mol. The fourth-order valence-corrected chi connectivity index (χ4v) is 3.68. The third kappa shape index (κ3) is 6.85. The Hall–Kier alpha value is -1.32. The van der Waals surface area contributed by atoms with Gasteiger partial charge < -0.3 is 24.1 Å². The lowest BCUT2D eigenvalue weighted by molar-refractivity contribution is -0.196. The van der Waals surface area contributed by atoms with Crippen molar-refractivity contribution >= 4 is 20.2 Å². The van der Waals surface area contributed by atoms with Crippen molar-refractivity contribution < 1.29 is 49.3 Å². The molecule has 1 aliphatic heterocycles. The minimum absolute atomic E-state index is 0.00891. The second-order valence-corrected chi connectivity index (χ2v) is 10.1. The van der Waals surface area contributed by atoms with Crippen LogP contribution in [0.1, 0.15) is 5.56 Å². The van der Waals surface area contributed by atoms with Gasteiger partial charge in [-0.2, -0.15) is 16.8 Å². The maximum atomic E-state index is 11.5. The molecule has 11 nitrogen and oxygen atoms in total. The van der Waals surface area contributed by atoms with Crippen LogP contribution in [-0.4, -0.2) is 86.0 Å². The maximum absolute atomic E-state index is 11.5. The quantitative estimate of drug-likeness (QED) is 0.423. The fourth-order valence-electron chi connectivity index (χ4n) is 2.86. The van der Waals surface area contributed by atoms with E-state index in [0.717, 1.165) is 12.5 Å². The minimum atomic E-state index is -3.92. The molecule has 13 heteroatoms. The lowest BCUT2D eigenvalue weighted by Crippen LogP contribution is -2.52. The number of benzene rings is 1. The number of aliphatic hydroxyl groups excluding tert-OH is 1. The summed E-state index contributed by atoms with van der Waals surface area (Å²) in [5.74, 6) is 0.639. The molecule has 1 heterocycles. The van der Waals surface area contributed by atoms with Crippen LogP contribution in [0.3, 0.4) is 0 Å². The molecule has 1 fully saturated rings. The molecule has 3 atom stereocenters. The summed E-state index contributed by atoms with van der Waals surface area (Å²) < 4.78 is 77.4. The summed E-state index contributed by atoms with van der Waals surface area (Å²) in [6.07, 6.45) is -2.18. The van der Waals surface area contributed by atoms with Gasteiger partial charge in [-0.25, -0.2) is 0 Å². The Labute approximate surface area is 176 Å². The molecule has 0 spiro atoms. The van der Waals surface area contributed by atoms with Gasteiger partial charge in [0.05, 0.1) is 26.2 Å². The van der Waals surface area contributed by atoms with Crippen molar-refractivity contribution in [1.29, 1.82) is 0 Å². The molecule has 0 aliphatic carbocycles. The molecule has 0 bridgehead atoms. The molecule has 1 unspecified atom stereocenters. The van der Waals surface area contributed by atoms with E-state index < -0.39 is 57.5 Å². The first-order chi connectivity index (χ1) is 13.9. The van der Waals surface area contributed by atoms with E-state index in [1.165, 1.54) is 14.2 Å². The van der Waals surface area contributed by atoms with Gasteiger partial charge in [0, 0.05) is 7.11 Å². The van der Waals surface area contributed by atoms with Gasteiger partial charge in [-0.3, -0.25) is 8.37 Å². The van der Waals surface area contributed by atoms with Gasteiger partial charge in [0.25, 0.3) is 20.2 Å². The van der Waals surface area contributed by atoms with Crippen LogP contribution in [0.15, 0.2) is 24.3 Å². The van der Waals surface area contributed by atoms with Crippen LogP contribution < -0.4 is 4.74 Å². The van der Waals surface area contributed by atoms with E-state index in [2.05, 4.69) is 0 Å². The van der Waals surface area contributed by atoms with Crippen LogP contribution in [0.25, 0.3) is 0 Å². The summed E-state index contributed by atoms with van der Waals surface area (Å²) in [5.41, 5.74) is -1.07. The SMILES string of the molecule is COc1ccc(CO[C@@H]2[C@@H](O)C(OC)OC2(COS(C)(=O)=O)COS(C)(=O)=O)cc1. The molecule has 172 valence electrons. The van der Waals surface area contributed by atoms with Gasteiger partial charge in [-0.05, 0) is 17.7 Å². The monoisotopic (exact) mass is 470 g/mol. The lowest BCUT2D eigenvalue weighted by atomic mass is 9.97. The first-order valence-corrected chi connectivity index (χ1v) is 12.3. The molecule has 0 aromatic heterocycles. The van der Waals surface area contributed by atoms with Crippen LogP contribution in [0.4, 0.5) is 0 Å². The van der Waals surface area contributed by atoms with Crippen LogP contribution >= 0.6 is 0 Å². The van der Waals surface area contributed by atoms with E-state index in [-0.39, 0.29) is 6.61 Å². The van der Waals surface area contributed by atoms with E-state index in [0.29, 0.717) is 11.3 Å². The standard InChI is InChI=1S/C17H26O11S2/c1-23-13-7-5-12(6-8-13)9-25-15-14(18)16(24-2)28-17(15,10-26-29(3,19)20)11-27-30(4,21)22/h5-8,14-16,18H,9-11H2,1-4H3/t14-,15-,16?/m1/s1. The Bertz CT molecular complexity index is 860. The number of hydrogen-bond acceptors (Lipinski definition) is 11. The summed E-state index contributed by atoms with van der Waals surface area (Å²) in [5, 5.41) is 10.6. The van der Waals surface area contributed by atoms with Gasteiger partial charge in [0.2, 0.25) is 0 Å². The zero-order chi connectivity index (χ0) is 22.6. The first kappa shape index (κ1) is 24.9. The van der Waals surface area contributed by atoms with E-state index in [1.807, 2.05) is 0 Å². The molecular formula is C17H26O11S2. The van der Waals surface area contributed by atoms with Crippen molar-refractivity contribution in [1.82, 2.24) is 0 Å². The summed E-state index contributed by atoms with van der Waals surface area (Å²) in [4.78, 5) is 0. The Morgan fingerprint density at radius 2 is 1.53 bits per heavy atom. The van der Waals surface area contributed by atoms with Crippen molar-refractivity contribution in [2.45, 2.75) is 30.7 Å². The highest BCUT2D eigenvalue weighted by Gasteiger charge is 2.57. The first-order valence-electron chi connectivity index (χ1n) is 8.71. The predicted octanol–water partition coefficient (Wildman–Crippen LogP) is -0.365. The van der Waals surface area contributed by atoms with Crippen molar-refractivity contribution in [3.8, 4) is 5.75 Å². The summed E-state index contributed by atoms with van der Waals surface area (Å²) in [6, 6.07) is 6.89. The molecule has 0 saturated carbocycles. The molecule has 0 amide bonds. The van der Waals surface area contributed by atoms with Gasteiger partial charge >= 0.3 is 0 Å². The van der Waals surface area contributed by atoms with Crippen molar-refractivity contribution in [3.63, 3.8) is 0 Å². The molecule has 1 aromatic carbocycles. The second-order valence-electron chi connectivity index (χ2n) is 6.79. The van der Waals surface area contributed by atoms with Crippen LogP contribution in [0.2, 0.25) is 0 Å². The summed E-state index contributed by atoms with van der Waals surface area (Å²) >= 11 is 0. The molecule has 0 radical (unpaired) electrons. The van der Waals surface area contributed by atoms with E-state index in [1.54, 1.807) is 24.3 Å². The Morgan fingerprint density at radius 3 is 1.97 bits per heavy atom. The number of hydrogen-bond donors (Lipinski definition) is 1. The average Bonchev–Trinajstić information content (AvgIpc) is 2.94. The van der Waals surface area contributed by atoms with Crippen LogP contribution in [0.5, 0.6) is 5.75 Å². The second kappa shape index (κ2) is 9.87. The van der Waals surface area contributed by atoms with Crippen molar-refractivity contribution in [2.24, 2.45) is 0 Å². The number of rotatable bonds is 11. The lowest BCUT2D eigenvalue weighted by Gasteiger charge is -2.33. The highest BCUT2D eigenvalue weighted by Crippen LogP contribution is 2.36. The summed E-state index contributed by atoms with van der Waals surface area (Å²) in [6.45, 7) is -1.33. The minimum Gasteiger partial charge on any atom is -0.497 e. The third-order valence-electron chi connectivity index (χ3n) is 4.31.